The summed E-state index contributed by atoms with van der Waals surface area (Å²) in [5, 5.41) is 4.53. The van der Waals surface area contributed by atoms with E-state index in [1.807, 2.05) is 48.5 Å². The first-order chi connectivity index (χ1) is 59.3. The van der Waals surface area contributed by atoms with E-state index in [4.69, 9.17) is 9.47 Å². The maximum absolute atomic E-state index is 12.2. The number of nitrogens with zero attached hydrogens (tertiary/aromatic N) is 4. The number of esters is 2. The molecule has 0 spiro atoms. The van der Waals surface area contributed by atoms with Gasteiger partial charge < -0.3 is 28.4 Å². The first-order valence-corrected chi connectivity index (χ1v) is 41.0. The summed E-state index contributed by atoms with van der Waals surface area (Å²) in [4.78, 5) is 28.9. The van der Waals surface area contributed by atoms with Gasteiger partial charge in [-0.3, -0.25) is 0 Å². The van der Waals surface area contributed by atoms with Gasteiger partial charge in [-0.25, -0.2) is 9.59 Å². The smallest absolute Gasteiger partial charge is 0.335 e. The van der Waals surface area contributed by atoms with Gasteiger partial charge in [-0.05, 0) is 259 Å². The molecule has 0 saturated heterocycles. The van der Waals surface area contributed by atoms with Gasteiger partial charge in [0.15, 0.2) is 0 Å². The largest absolute Gasteiger partial charge is 0.423 e. The van der Waals surface area contributed by atoms with Crippen LogP contribution in [0, 0.1) is 0 Å². The van der Waals surface area contributed by atoms with Crippen LogP contribution in [0.4, 0.5) is 34.1 Å². The number of benzene rings is 17. The molecule has 1 unspecified atom stereocenters. The van der Waals surface area contributed by atoms with Gasteiger partial charge in [0, 0.05) is 90.0 Å². The van der Waals surface area contributed by atoms with Crippen LogP contribution in [0.1, 0.15) is 48.6 Å². The molecule has 121 heavy (non-hydrogen) atoms. The molecule has 19 aromatic rings. The number of carbonyl (C=O) groups excluding carboxylic acids is 2. The molecule has 2 aliphatic carbocycles. The predicted molar refractivity (Wildman–Crippen MR) is 499 cm³/mol. The summed E-state index contributed by atoms with van der Waals surface area (Å²) in [6.45, 7) is 14.1. The number of hydrogen-bond acceptors (Lipinski definition) is 6. The lowest BCUT2D eigenvalue weighted by molar-refractivity contribution is -0.129. The number of para-hydroxylation sites is 3. The van der Waals surface area contributed by atoms with E-state index in [-0.39, 0.29) is 5.41 Å². The van der Waals surface area contributed by atoms with E-state index in [9.17, 15) is 9.59 Å². The van der Waals surface area contributed by atoms with Crippen molar-refractivity contribution in [1.29, 1.82) is 0 Å². The molecule has 2 aromatic heterocycles. The SMILES string of the molecule is C=CC(=O)Oc1ccc(C2(C)c3ccccc3-c3ccc(N(c4ccc(-c5ccccc5)cc4)c4ccc(-c5ccc6c(c5)c5ccccc5n6-c5ccccc5)cc4)cc32)cc1.C=CC(=O)Oc1ccc2c(c1)c1cc(-c3ccc(N(c4ccc(-c5ccccc5)cc4)c4ccc5c(c4)C(C)(C)c4ccccc4-5)cc3)ccc1n2-c1ccccc1. The summed E-state index contributed by atoms with van der Waals surface area (Å²) in [5.41, 5.74) is 33.1. The molecule has 0 amide bonds. The topological polar surface area (TPSA) is 68.9 Å². The van der Waals surface area contributed by atoms with Gasteiger partial charge in [-0.1, -0.05) is 276 Å². The third kappa shape index (κ3) is 13.3. The lowest BCUT2D eigenvalue weighted by atomic mass is 9.74. The highest BCUT2D eigenvalue weighted by molar-refractivity contribution is 6.12. The zero-order valence-electron chi connectivity index (χ0n) is 67.2. The summed E-state index contributed by atoms with van der Waals surface area (Å²) in [6, 6.07) is 145. The van der Waals surface area contributed by atoms with Gasteiger partial charge in [0.2, 0.25) is 0 Å². The third-order valence-electron chi connectivity index (χ3n) is 24.4. The van der Waals surface area contributed by atoms with Crippen molar-refractivity contribution in [2.75, 3.05) is 9.80 Å². The van der Waals surface area contributed by atoms with Crippen molar-refractivity contribution < 1.29 is 19.1 Å². The molecule has 0 saturated carbocycles. The van der Waals surface area contributed by atoms with Crippen LogP contribution >= 0.6 is 0 Å². The standard InChI is InChI=1S/C59H42N2O2.C54H40N2O2/c1-3-58(62)63-49-34-27-44(28-35-49)59(2)54-20-12-10-18-50(54)51-36-33-48(39-55(51)59)60(46-29-22-41(23-30-46)40-14-6-4-7-15-40)47-31-24-42(25-32-47)43-26-37-57-53(38-43)52-19-11-13-21-56(52)61(57)45-16-8-5-9-17-45;1-4-53(57)58-44-29-32-52-48(35-44)47-33-39(23-31-51(47)56(52)40-15-9-6-10-16-40)38-21-26-42(27-22-38)55(41-24-19-37(20-25-41)36-13-7-5-8-14-36)43-28-30-46-45-17-11-12-18-49(45)54(2,3)50(46)34-43/h3-39H,1H2,2H3;4-35H,1H2,2-3H3. The van der Waals surface area contributed by atoms with Crippen molar-refractivity contribution in [2.45, 2.75) is 31.6 Å². The molecule has 0 aliphatic heterocycles. The number of hydrogen-bond donors (Lipinski definition) is 0. The fourth-order valence-electron chi connectivity index (χ4n) is 18.4. The van der Waals surface area contributed by atoms with Crippen molar-refractivity contribution in [2.24, 2.45) is 0 Å². The normalized spacial score (nSPS) is 13.3. The second kappa shape index (κ2) is 30.8. The van der Waals surface area contributed by atoms with Gasteiger partial charge in [-0.15, -0.1) is 0 Å². The summed E-state index contributed by atoms with van der Waals surface area (Å²) in [7, 11) is 0. The van der Waals surface area contributed by atoms with Gasteiger partial charge in [0.25, 0.3) is 0 Å². The van der Waals surface area contributed by atoms with Crippen LogP contribution in [-0.4, -0.2) is 21.1 Å². The quantitative estimate of drug-likeness (QED) is 0.0514. The van der Waals surface area contributed by atoms with E-state index < -0.39 is 17.4 Å². The summed E-state index contributed by atoms with van der Waals surface area (Å²) >= 11 is 0. The Morgan fingerprint density at radius 3 is 1.09 bits per heavy atom. The number of carbonyl (C=O) groups is 2. The van der Waals surface area contributed by atoms with E-state index in [1.54, 1.807) is 0 Å². The Hall–Kier alpha value is -15.6. The Labute approximate surface area is 703 Å². The van der Waals surface area contributed by atoms with Gasteiger partial charge >= 0.3 is 11.9 Å². The average Bonchev–Trinajstić information content (AvgIpc) is 1.57. The fraction of sp³-hybridized carbons (Fsp3) is 0.0442. The Bertz CT molecular complexity index is 7220. The van der Waals surface area contributed by atoms with Crippen LogP contribution in [0.15, 0.2) is 432 Å². The Kier molecular flexibility index (Phi) is 18.9. The highest BCUT2D eigenvalue weighted by Gasteiger charge is 2.42. The van der Waals surface area contributed by atoms with Crippen LogP contribution < -0.4 is 19.3 Å². The van der Waals surface area contributed by atoms with Crippen LogP contribution in [0.5, 0.6) is 11.5 Å². The molecule has 1 atom stereocenters. The molecule has 17 aromatic carbocycles. The molecule has 2 heterocycles. The zero-order chi connectivity index (χ0) is 81.9. The van der Waals surface area contributed by atoms with Crippen molar-refractivity contribution >= 4 is 89.7 Å². The number of anilines is 6. The minimum Gasteiger partial charge on any atom is -0.423 e. The molecule has 0 bridgehead atoms. The Balaban J connectivity index is 0.000000155. The lowest BCUT2D eigenvalue weighted by Crippen LogP contribution is -2.23. The minimum absolute atomic E-state index is 0.120. The van der Waals surface area contributed by atoms with Gasteiger partial charge in [0.1, 0.15) is 11.5 Å². The van der Waals surface area contributed by atoms with Crippen molar-refractivity contribution in [3.63, 3.8) is 0 Å². The first-order valence-electron chi connectivity index (χ1n) is 41.0. The van der Waals surface area contributed by atoms with Crippen LogP contribution in [0.3, 0.4) is 0 Å². The zero-order valence-corrected chi connectivity index (χ0v) is 67.2. The fourth-order valence-corrected chi connectivity index (χ4v) is 18.4. The van der Waals surface area contributed by atoms with Crippen LogP contribution in [0.25, 0.3) is 122 Å². The first kappa shape index (κ1) is 74.2. The lowest BCUT2D eigenvalue weighted by Gasteiger charge is -2.31. The average molecular weight is 1560 g/mol. The number of ether oxygens (including phenoxy) is 2. The number of rotatable bonds is 17. The molecule has 2 aliphatic rings. The molecular formula is C113H82N4O4. The van der Waals surface area contributed by atoms with E-state index in [0.717, 1.165) is 95.1 Å². The second-order valence-corrected chi connectivity index (χ2v) is 31.7. The highest BCUT2D eigenvalue weighted by atomic mass is 16.5. The van der Waals surface area contributed by atoms with Crippen molar-refractivity contribution in [1.82, 2.24) is 9.13 Å². The van der Waals surface area contributed by atoms with Crippen molar-refractivity contribution in [3.8, 4) is 89.6 Å². The third-order valence-corrected chi connectivity index (χ3v) is 24.4. The summed E-state index contributed by atoms with van der Waals surface area (Å²) in [6.07, 6.45) is 2.37. The number of aromatic nitrogens is 2. The molecule has 0 N–H and O–H groups in total. The molecule has 8 nitrogen and oxygen atoms in total. The minimum atomic E-state index is -0.484. The highest BCUT2D eigenvalue weighted by Crippen LogP contribution is 2.56. The number of fused-ring (bicyclic) bond motifs is 12. The maximum atomic E-state index is 12.2. The Morgan fingerprint density at radius 1 is 0.273 bits per heavy atom. The van der Waals surface area contributed by atoms with E-state index in [0.29, 0.717) is 11.5 Å². The molecule has 21 rings (SSSR count). The molecular weight excluding hydrogens is 1480 g/mol. The van der Waals surface area contributed by atoms with Gasteiger partial charge in [-0.2, -0.15) is 0 Å². The van der Waals surface area contributed by atoms with Crippen molar-refractivity contribution in [3.05, 3.63) is 460 Å². The molecule has 0 fully saturated rings. The summed E-state index contributed by atoms with van der Waals surface area (Å²) < 4.78 is 15.6. The van der Waals surface area contributed by atoms with E-state index >= 15 is 0 Å². The van der Waals surface area contributed by atoms with Gasteiger partial charge in [0.05, 0.1) is 22.1 Å². The molecule has 578 valence electrons. The second-order valence-electron chi connectivity index (χ2n) is 31.7. The van der Waals surface area contributed by atoms with Crippen LogP contribution in [-0.2, 0) is 20.4 Å². The van der Waals surface area contributed by atoms with E-state index in [1.165, 1.54) is 101 Å². The Morgan fingerprint density at radius 2 is 0.603 bits per heavy atom. The molecule has 0 radical (unpaired) electrons. The predicted octanol–water partition coefficient (Wildman–Crippen LogP) is 29.0. The van der Waals surface area contributed by atoms with E-state index in [2.05, 4.69) is 411 Å². The van der Waals surface area contributed by atoms with Crippen LogP contribution in [0.2, 0.25) is 0 Å². The summed E-state index contributed by atoms with van der Waals surface area (Å²) in [5.74, 6) is 0.00467. The molecule has 8 heteroatoms. The maximum Gasteiger partial charge on any atom is 0.335 e. The monoisotopic (exact) mass is 1560 g/mol.